The zero-order valence-electron chi connectivity index (χ0n) is 17.4. The highest BCUT2D eigenvalue weighted by Gasteiger charge is 2.67. The van der Waals surface area contributed by atoms with Gasteiger partial charge in [0, 0.05) is 0 Å². The van der Waals surface area contributed by atoms with Gasteiger partial charge >= 0.3 is 0 Å². The van der Waals surface area contributed by atoms with Gasteiger partial charge in [0.15, 0.2) is 0 Å². The van der Waals surface area contributed by atoms with Crippen LogP contribution < -0.4 is 0 Å². The first-order valence-electron chi connectivity index (χ1n) is 11.4. The highest BCUT2D eigenvalue weighted by molar-refractivity contribution is 5.27. The highest BCUT2D eigenvalue weighted by Crippen LogP contribution is 2.75. The van der Waals surface area contributed by atoms with E-state index >= 15 is 0 Å². The Morgan fingerprint density at radius 3 is 2.28 bits per heavy atom. The molecule has 5 rings (SSSR count). The predicted molar refractivity (Wildman–Crippen MR) is 106 cm³/mol. The molecule has 1 unspecified atom stereocenters. The summed E-state index contributed by atoms with van der Waals surface area (Å²) in [5, 5.41) is 0. The predicted octanol–water partition coefficient (Wildman–Crippen LogP) is 7.10. The van der Waals surface area contributed by atoms with Gasteiger partial charge in [-0.15, -0.1) is 0 Å². The fourth-order valence-corrected chi connectivity index (χ4v) is 9.45. The molecule has 0 aliphatic heterocycles. The van der Waals surface area contributed by atoms with Crippen LogP contribution >= 0.6 is 0 Å². The third-order valence-electron chi connectivity index (χ3n) is 10.8. The van der Waals surface area contributed by atoms with Crippen LogP contribution in [0, 0.1) is 57.7 Å². The van der Waals surface area contributed by atoms with Gasteiger partial charge in [-0.05, 0) is 109 Å². The third kappa shape index (κ3) is 2.01. The van der Waals surface area contributed by atoms with E-state index in [0.29, 0.717) is 16.2 Å². The zero-order chi connectivity index (χ0) is 17.8. The van der Waals surface area contributed by atoms with E-state index in [1.165, 1.54) is 51.4 Å². The molecule has 140 valence electrons. The van der Waals surface area contributed by atoms with E-state index in [1.54, 1.807) is 5.57 Å². The van der Waals surface area contributed by atoms with Crippen molar-refractivity contribution in [1.82, 2.24) is 0 Å². The van der Waals surface area contributed by atoms with Gasteiger partial charge in [-0.25, -0.2) is 0 Å². The highest BCUT2D eigenvalue weighted by atomic mass is 14.7. The number of fused-ring (bicyclic) bond motifs is 8. The maximum Gasteiger partial charge on any atom is -0.0113 e. The Morgan fingerprint density at radius 1 is 0.840 bits per heavy atom. The molecule has 5 fully saturated rings. The van der Waals surface area contributed by atoms with Gasteiger partial charge in [-0.2, -0.15) is 0 Å². The molecule has 0 nitrogen and oxygen atoms in total. The Kier molecular flexibility index (Phi) is 3.35. The number of hydrogen-bond acceptors (Lipinski definition) is 0. The van der Waals surface area contributed by atoms with Gasteiger partial charge in [0.1, 0.15) is 0 Å². The molecule has 0 aromatic rings. The first-order chi connectivity index (χ1) is 11.7. The first kappa shape index (κ1) is 16.9. The average Bonchev–Trinajstić information content (AvgIpc) is 3.08. The normalized spacial score (nSPS) is 59.8. The van der Waals surface area contributed by atoms with Crippen molar-refractivity contribution in [1.29, 1.82) is 0 Å². The van der Waals surface area contributed by atoms with Crippen molar-refractivity contribution in [2.45, 2.75) is 86.0 Å². The third-order valence-corrected chi connectivity index (χ3v) is 10.8. The van der Waals surface area contributed by atoms with Crippen molar-refractivity contribution >= 4 is 0 Å². The molecule has 2 bridgehead atoms. The molecule has 0 spiro atoms. The van der Waals surface area contributed by atoms with Gasteiger partial charge in [0.05, 0.1) is 0 Å². The maximum absolute atomic E-state index is 4.63. The molecule has 5 aliphatic rings. The van der Waals surface area contributed by atoms with Crippen LogP contribution in [-0.2, 0) is 0 Å². The Bertz CT molecular complexity index is 601. The first-order valence-corrected chi connectivity index (χ1v) is 11.4. The Morgan fingerprint density at radius 2 is 1.56 bits per heavy atom. The van der Waals surface area contributed by atoms with E-state index in [2.05, 4.69) is 41.2 Å². The summed E-state index contributed by atoms with van der Waals surface area (Å²) in [7, 11) is 0. The van der Waals surface area contributed by atoms with Crippen LogP contribution in [0.4, 0.5) is 0 Å². The lowest BCUT2D eigenvalue weighted by atomic mass is 9.50. The van der Waals surface area contributed by atoms with Crippen molar-refractivity contribution in [3.05, 3.63) is 12.2 Å². The van der Waals surface area contributed by atoms with Crippen molar-refractivity contribution in [3.63, 3.8) is 0 Å². The van der Waals surface area contributed by atoms with E-state index in [1.807, 2.05) is 0 Å². The smallest absolute Gasteiger partial charge is 0.0113 e. The second kappa shape index (κ2) is 4.96. The van der Waals surface area contributed by atoms with Gasteiger partial charge < -0.3 is 0 Å². The van der Waals surface area contributed by atoms with E-state index in [9.17, 15) is 0 Å². The molecule has 0 N–H and O–H groups in total. The lowest BCUT2D eigenvalue weighted by Gasteiger charge is -2.54. The second-order valence-corrected chi connectivity index (χ2v) is 12.3. The van der Waals surface area contributed by atoms with Crippen LogP contribution in [0.25, 0.3) is 0 Å². The molecule has 0 radical (unpaired) electrons. The SMILES string of the molecule is C=C1C2CC[C@@]1(C)C[C@@H]1[C@H]3[C@@H]4[C@@H](C(C)C)CC[C@@]4(C)CC[C@]3(C)C[C@H]21. The average molecular weight is 341 g/mol. The van der Waals surface area contributed by atoms with Crippen LogP contribution in [0.3, 0.4) is 0 Å². The van der Waals surface area contributed by atoms with Crippen molar-refractivity contribution in [3.8, 4) is 0 Å². The van der Waals surface area contributed by atoms with E-state index in [-0.39, 0.29) is 0 Å². The molecule has 0 heteroatoms. The summed E-state index contributed by atoms with van der Waals surface area (Å²) >= 11 is 0. The molecule has 0 saturated heterocycles. The molecular formula is C25H40. The monoisotopic (exact) mass is 340 g/mol. The maximum atomic E-state index is 4.63. The molecule has 0 heterocycles. The fraction of sp³-hybridized carbons (Fsp3) is 0.920. The molecule has 0 aromatic carbocycles. The summed E-state index contributed by atoms with van der Waals surface area (Å²) in [5.41, 5.74) is 3.43. The Hall–Kier alpha value is -0.260. The van der Waals surface area contributed by atoms with Crippen LogP contribution in [0.5, 0.6) is 0 Å². The molecular weight excluding hydrogens is 300 g/mol. The van der Waals surface area contributed by atoms with Gasteiger partial charge in [0.25, 0.3) is 0 Å². The Balaban J connectivity index is 1.58. The van der Waals surface area contributed by atoms with Gasteiger partial charge in [-0.3, -0.25) is 0 Å². The summed E-state index contributed by atoms with van der Waals surface area (Å²) in [6, 6.07) is 0. The number of allylic oxidation sites excluding steroid dienone is 1. The van der Waals surface area contributed by atoms with E-state index in [0.717, 1.165) is 41.4 Å². The molecule has 0 amide bonds. The number of rotatable bonds is 1. The minimum atomic E-state index is 0.483. The molecule has 5 aliphatic carbocycles. The van der Waals surface area contributed by atoms with Crippen molar-refractivity contribution < 1.29 is 0 Å². The summed E-state index contributed by atoms with van der Waals surface area (Å²) in [6.45, 7) is 17.6. The molecule has 9 atom stereocenters. The van der Waals surface area contributed by atoms with Crippen LogP contribution in [0.2, 0.25) is 0 Å². The minimum absolute atomic E-state index is 0.483. The summed E-state index contributed by atoms with van der Waals surface area (Å²) in [5.74, 6) is 6.75. The van der Waals surface area contributed by atoms with Crippen molar-refractivity contribution in [2.24, 2.45) is 57.7 Å². The van der Waals surface area contributed by atoms with E-state index < -0.39 is 0 Å². The summed E-state index contributed by atoms with van der Waals surface area (Å²) in [6.07, 6.45) is 11.9. The number of hydrogen-bond donors (Lipinski definition) is 0. The lowest BCUT2D eigenvalue weighted by molar-refractivity contribution is -0.0525. The molecule has 0 aromatic heterocycles. The fourth-order valence-electron chi connectivity index (χ4n) is 9.45. The molecule has 25 heavy (non-hydrogen) atoms. The largest absolute Gasteiger partial charge is 0.0990 e. The minimum Gasteiger partial charge on any atom is -0.0990 e. The quantitative estimate of drug-likeness (QED) is 0.446. The topological polar surface area (TPSA) is 0 Å². The second-order valence-electron chi connectivity index (χ2n) is 12.3. The van der Waals surface area contributed by atoms with Crippen LogP contribution in [0.1, 0.15) is 86.0 Å². The lowest BCUT2D eigenvalue weighted by Crippen LogP contribution is -2.48. The van der Waals surface area contributed by atoms with Gasteiger partial charge in [0.2, 0.25) is 0 Å². The van der Waals surface area contributed by atoms with Crippen molar-refractivity contribution in [2.75, 3.05) is 0 Å². The Labute approximate surface area is 156 Å². The summed E-state index contributed by atoms with van der Waals surface area (Å²) in [4.78, 5) is 0. The van der Waals surface area contributed by atoms with Crippen LogP contribution in [0.15, 0.2) is 12.2 Å². The van der Waals surface area contributed by atoms with Gasteiger partial charge in [-0.1, -0.05) is 46.8 Å². The molecule has 5 saturated carbocycles. The van der Waals surface area contributed by atoms with Crippen LogP contribution in [-0.4, -0.2) is 0 Å². The standard InChI is InChI=1S/C25H40/c1-15(2)17-7-9-23(4)11-12-25(6)13-19-18-8-10-24(5,16(18)3)14-20(19)22(25)21(17)23/h15,17-22H,3,7-14H2,1-2,4-6H3/t17-,18?,19-,20+,21+,22+,23+,24+,25-/m1/s1. The zero-order valence-corrected chi connectivity index (χ0v) is 17.4. The summed E-state index contributed by atoms with van der Waals surface area (Å²) < 4.78 is 0. The van der Waals surface area contributed by atoms with E-state index in [4.69, 9.17) is 0 Å².